The normalized spacial score (nSPS) is 11.8. The summed E-state index contributed by atoms with van der Waals surface area (Å²) in [7, 11) is 0. The molecule has 1 aromatic heterocycles. The minimum absolute atomic E-state index is 0.174. The standard InChI is InChI=1S/C17H25N3/c1-14-9-12-19-20(14)13-16-8-6-5-7-15(16)10-11-18-17(2,3)4/h5-9,12,18H,10-11,13H2,1-4H3. The van der Waals surface area contributed by atoms with Gasteiger partial charge in [0.25, 0.3) is 0 Å². The Hall–Kier alpha value is -1.61. The van der Waals surface area contributed by atoms with Gasteiger partial charge in [-0.3, -0.25) is 4.68 Å². The molecule has 0 unspecified atom stereocenters. The molecule has 1 heterocycles. The SMILES string of the molecule is Cc1ccnn1Cc1ccccc1CCNC(C)(C)C. The molecule has 0 aliphatic rings. The predicted octanol–water partition coefficient (Wildman–Crippen LogP) is 3.17. The van der Waals surface area contributed by atoms with E-state index in [2.05, 4.69) is 67.1 Å². The minimum atomic E-state index is 0.174. The summed E-state index contributed by atoms with van der Waals surface area (Å²) < 4.78 is 2.05. The third-order valence-corrected chi connectivity index (χ3v) is 3.42. The smallest absolute Gasteiger partial charge is 0.0665 e. The van der Waals surface area contributed by atoms with Gasteiger partial charge in [0.15, 0.2) is 0 Å². The van der Waals surface area contributed by atoms with Crippen LogP contribution in [0.25, 0.3) is 0 Å². The van der Waals surface area contributed by atoms with E-state index < -0.39 is 0 Å². The first-order chi connectivity index (χ1) is 9.46. The van der Waals surface area contributed by atoms with Gasteiger partial charge in [-0.1, -0.05) is 24.3 Å². The maximum absolute atomic E-state index is 4.37. The van der Waals surface area contributed by atoms with Crippen LogP contribution >= 0.6 is 0 Å². The Morgan fingerprint density at radius 3 is 2.40 bits per heavy atom. The highest BCUT2D eigenvalue weighted by Gasteiger charge is 2.09. The number of aromatic nitrogens is 2. The van der Waals surface area contributed by atoms with Crippen molar-refractivity contribution in [1.29, 1.82) is 0 Å². The number of hydrogen-bond donors (Lipinski definition) is 1. The lowest BCUT2D eigenvalue weighted by atomic mass is 10.0. The molecule has 0 amide bonds. The molecule has 2 aromatic rings. The van der Waals surface area contributed by atoms with E-state index in [-0.39, 0.29) is 5.54 Å². The Bertz CT molecular complexity index is 549. The molecule has 0 saturated heterocycles. The lowest BCUT2D eigenvalue weighted by Gasteiger charge is -2.21. The van der Waals surface area contributed by atoms with Crippen molar-refractivity contribution < 1.29 is 0 Å². The largest absolute Gasteiger partial charge is 0.312 e. The van der Waals surface area contributed by atoms with Crippen molar-refractivity contribution in [3.05, 3.63) is 53.3 Å². The highest BCUT2D eigenvalue weighted by atomic mass is 15.3. The number of rotatable bonds is 5. The molecule has 1 aromatic carbocycles. The quantitative estimate of drug-likeness (QED) is 0.905. The average molecular weight is 271 g/mol. The van der Waals surface area contributed by atoms with Crippen LogP contribution in [0.2, 0.25) is 0 Å². The van der Waals surface area contributed by atoms with E-state index in [1.807, 2.05) is 12.3 Å². The first kappa shape index (κ1) is 14.8. The van der Waals surface area contributed by atoms with E-state index in [9.17, 15) is 0 Å². The summed E-state index contributed by atoms with van der Waals surface area (Å²) >= 11 is 0. The van der Waals surface area contributed by atoms with Crippen LogP contribution in [-0.4, -0.2) is 21.9 Å². The summed E-state index contributed by atoms with van der Waals surface area (Å²) in [6, 6.07) is 10.7. The van der Waals surface area contributed by atoms with Crippen molar-refractivity contribution in [3.63, 3.8) is 0 Å². The number of benzene rings is 1. The van der Waals surface area contributed by atoms with Crippen LogP contribution in [0.1, 0.15) is 37.6 Å². The van der Waals surface area contributed by atoms with Gasteiger partial charge in [-0.25, -0.2) is 0 Å². The van der Waals surface area contributed by atoms with Crippen molar-refractivity contribution in [2.24, 2.45) is 0 Å². The zero-order chi connectivity index (χ0) is 14.6. The van der Waals surface area contributed by atoms with Gasteiger partial charge in [-0.15, -0.1) is 0 Å². The summed E-state index contributed by atoms with van der Waals surface area (Å²) in [6.07, 6.45) is 2.91. The summed E-state index contributed by atoms with van der Waals surface area (Å²) in [5, 5.41) is 7.92. The molecule has 0 atom stereocenters. The van der Waals surface area contributed by atoms with Gasteiger partial charge in [-0.2, -0.15) is 5.10 Å². The molecular formula is C17H25N3. The molecule has 0 spiro atoms. The van der Waals surface area contributed by atoms with Gasteiger partial charge in [-0.05, 0) is 57.9 Å². The minimum Gasteiger partial charge on any atom is -0.312 e. The topological polar surface area (TPSA) is 29.9 Å². The molecule has 3 heteroatoms. The van der Waals surface area contributed by atoms with Gasteiger partial charge in [0.1, 0.15) is 0 Å². The van der Waals surface area contributed by atoms with E-state index in [0.717, 1.165) is 19.5 Å². The number of hydrogen-bond acceptors (Lipinski definition) is 2. The second-order valence-corrected chi connectivity index (χ2v) is 6.33. The maximum Gasteiger partial charge on any atom is 0.0665 e. The Labute approximate surface area is 122 Å². The van der Waals surface area contributed by atoms with Gasteiger partial charge >= 0.3 is 0 Å². The third-order valence-electron chi connectivity index (χ3n) is 3.42. The predicted molar refractivity (Wildman–Crippen MR) is 84.0 cm³/mol. The van der Waals surface area contributed by atoms with Gasteiger partial charge < -0.3 is 5.32 Å². The molecule has 0 aliphatic heterocycles. The van der Waals surface area contributed by atoms with Gasteiger partial charge in [0.05, 0.1) is 6.54 Å². The fourth-order valence-corrected chi connectivity index (χ4v) is 2.25. The molecule has 108 valence electrons. The molecule has 0 radical (unpaired) electrons. The number of nitrogens with one attached hydrogen (secondary N) is 1. The van der Waals surface area contributed by atoms with Crippen molar-refractivity contribution >= 4 is 0 Å². The molecule has 2 rings (SSSR count). The summed E-state index contributed by atoms with van der Waals surface area (Å²) in [5.74, 6) is 0. The van der Waals surface area contributed by atoms with E-state index in [1.165, 1.54) is 16.8 Å². The third kappa shape index (κ3) is 4.20. The van der Waals surface area contributed by atoms with Crippen molar-refractivity contribution in [1.82, 2.24) is 15.1 Å². The van der Waals surface area contributed by atoms with Crippen LogP contribution in [0.5, 0.6) is 0 Å². The number of aryl methyl sites for hydroxylation is 1. The van der Waals surface area contributed by atoms with Crippen LogP contribution in [-0.2, 0) is 13.0 Å². The zero-order valence-electron chi connectivity index (χ0n) is 13.0. The van der Waals surface area contributed by atoms with E-state index in [4.69, 9.17) is 0 Å². The van der Waals surface area contributed by atoms with E-state index >= 15 is 0 Å². The second-order valence-electron chi connectivity index (χ2n) is 6.33. The van der Waals surface area contributed by atoms with Crippen LogP contribution in [0.4, 0.5) is 0 Å². The van der Waals surface area contributed by atoms with Crippen LogP contribution < -0.4 is 5.32 Å². The fraction of sp³-hybridized carbons (Fsp3) is 0.471. The average Bonchev–Trinajstić information content (AvgIpc) is 2.76. The second kappa shape index (κ2) is 6.23. The summed E-state index contributed by atoms with van der Waals surface area (Å²) in [4.78, 5) is 0. The van der Waals surface area contributed by atoms with Gasteiger partial charge in [0.2, 0.25) is 0 Å². The van der Waals surface area contributed by atoms with Crippen molar-refractivity contribution in [2.75, 3.05) is 6.54 Å². The molecule has 0 saturated carbocycles. The van der Waals surface area contributed by atoms with Crippen molar-refractivity contribution in [2.45, 2.75) is 46.2 Å². The van der Waals surface area contributed by atoms with Crippen LogP contribution in [0, 0.1) is 6.92 Å². The highest BCUT2D eigenvalue weighted by molar-refractivity contribution is 5.28. The molecular weight excluding hydrogens is 246 g/mol. The van der Waals surface area contributed by atoms with Crippen LogP contribution in [0.15, 0.2) is 36.5 Å². The first-order valence-electron chi connectivity index (χ1n) is 7.26. The Balaban J connectivity index is 2.05. The van der Waals surface area contributed by atoms with Crippen LogP contribution in [0.3, 0.4) is 0 Å². The number of nitrogens with zero attached hydrogens (tertiary/aromatic N) is 2. The molecule has 1 N–H and O–H groups in total. The first-order valence-corrected chi connectivity index (χ1v) is 7.26. The molecule has 20 heavy (non-hydrogen) atoms. The van der Waals surface area contributed by atoms with E-state index in [0.29, 0.717) is 0 Å². The maximum atomic E-state index is 4.37. The van der Waals surface area contributed by atoms with E-state index in [1.54, 1.807) is 0 Å². The summed E-state index contributed by atoms with van der Waals surface area (Å²) in [5.41, 5.74) is 4.13. The Morgan fingerprint density at radius 2 is 1.80 bits per heavy atom. The summed E-state index contributed by atoms with van der Waals surface area (Å²) in [6.45, 7) is 10.5. The van der Waals surface area contributed by atoms with Crippen molar-refractivity contribution in [3.8, 4) is 0 Å². The lowest BCUT2D eigenvalue weighted by molar-refractivity contribution is 0.429. The zero-order valence-corrected chi connectivity index (χ0v) is 13.0. The van der Waals surface area contributed by atoms with Gasteiger partial charge in [0, 0.05) is 17.4 Å². The molecule has 0 fully saturated rings. The lowest BCUT2D eigenvalue weighted by Crippen LogP contribution is -2.37. The highest BCUT2D eigenvalue weighted by Crippen LogP contribution is 2.12. The Morgan fingerprint density at radius 1 is 1.10 bits per heavy atom. The fourth-order valence-electron chi connectivity index (χ4n) is 2.25. The molecule has 3 nitrogen and oxygen atoms in total. The Kier molecular flexibility index (Phi) is 4.61. The monoisotopic (exact) mass is 271 g/mol. The molecule has 0 bridgehead atoms. The molecule has 0 aliphatic carbocycles.